The van der Waals surface area contributed by atoms with Crippen LogP contribution in [-0.2, 0) is 11.2 Å². The van der Waals surface area contributed by atoms with Crippen LogP contribution in [0.1, 0.15) is 12.7 Å². The van der Waals surface area contributed by atoms with Gasteiger partial charge in [0.25, 0.3) is 0 Å². The first-order valence-corrected chi connectivity index (χ1v) is 10.8. The van der Waals surface area contributed by atoms with Crippen LogP contribution in [0.5, 0.6) is 0 Å². The number of fused-ring (bicyclic) bond motifs is 3. The number of carbonyl (C=O) groups excluding carboxylic acids is 1. The number of halogens is 2. The highest BCUT2D eigenvalue weighted by Gasteiger charge is 2.15. The van der Waals surface area contributed by atoms with Crippen LogP contribution < -0.4 is 5.32 Å². The van der Waals surface area contributed by atoms with Crippen LogP contribution in [0.15, 0.2) is 45.2 Å². The minimum absolute atomic E-state index is 0.115. The normalized spacial score (nSPS) is 11.4. The largest absolute Gasteiger partial charge is 0.323 e. The SMILES string of the molecule is CCc1nnc(SCC(=O)Nc2ccc(Br)cc2F)c2cc3sccc3n12. The number of thioether (sulfide) groups is 1. The summed E-state index contributed by atoms with van der Waals surface area (Å²) in [7, 11) is 0. The van der Waals surface area contributed by atoms with Gasteiger partial charge in [0.2, 0.25) is 5.91 Å². The molecule has 1 aromatic carbocycles. The van der Waals surface area contributed by atoms with E-state index in [1.54, 1.807) is 17.4 Å². The van der Waals surface area contributed by atoms with Gasteiger partial charge in [-0.15, -0.1) is 21.5 Å². The van der Waals surface area contributed by atoms with Gasteiger partial charge in [0.1, 0.15) is 16.7 Å². The zero-order chi connectivity index (χ0) is 19.0. The van der Waals surface area contributed by atoms with Crippen LogP contribution in [-0.4, -0.2) is 26.3 Å². The summed E-state index contributed by atoms with van der Waals surface area (Å²) in [5.74, 6) is 0.215. The second kappa shape index (κ2) is 7.57. The monoisotopic (exact) mass is 464 g/mol. The molecule has 1 amide bonds. The molecule has 1 N–H and O–H groups in total. The van der Waals surface area contributed by atoms with Crippen molar-refractivity contribution >= 4 is 66.4 Å². The number of nitrogens with zero attached hydrogens (tertiary/aromatic N) is 3. The van der Waals surface area contributed by atoms with Crippen molar-refractivity contribution in [1.29, 1.82) is 0 Å². The number of rotatable bonds is 5. The molecule has 0 saturated carbocycles. The quantitative estimate of drug-likeness (QED) is 0.415. The molecule has 9 heteroatoms. The summed E-state index contributed by atoms with van der Waals surface area (Å²) < 4.78 is 17.7. The average Bonchev–Trinajstić information content (AvgIpc) is 3.23. The molecule has 0 spiro atoms. The maximum atomic E-state index is 13.9. The van der Waals surface area contributed by atoms with E-state index < -0.39 is 5.82 Å². The van der Waals surface area contributed by atoms with E-state index in [-0.39, 0.29) is 17.3 Å². The third-order valence-electron chi connectivity index (χ3n) is 4.02. The van der Waals surface area contributed by atoms with Crippen LogP contribution >= 0.6 is 39.0 Å². The molecule has 138 valence electrons. The minimum Gasteiger partial charge on any atom is -0.323 e. The topological polar surface area (TPSA) is 59.3 Å². The van der Waals surface area contributed by atoms with Crippen molar-refractivity contribution in [3.8, 4) is 0 Å². The summed E-state index contributed by atoms with van der Waals surface area (Å²) in [5, 5.41) is 13.9. The number of benzene rings is 1. The van der Waals surface area contributed by atoms with Gasteiger partial charge in [0.05, 0.1) is 27.2 Å². The van der Waals surface area contributed by atoms with Crippen molar-refractivity contribution in [3.05, 3.63) is 51.8 Å². The second-order valence-electron chi connectivity index (χ2n) is 5.77. The lowest BCUT2D eigenvalue weighted by Gasteiger charge is -2.08. The molecule has 5 nitrogen and oxygen atoms in total. The number of anilines is 1. The van der Waals surface area contributed by atoms with Crippen molar-refractivity contribution in [1.82, 2.24) is 14.6 Å². The molecule has 0 saturated heterocycles. The Morgan fingerprint density at radius 2 is 2.15 bits per heavy atom. The van der Waals surface area contributed by atoms with Crippen LogP contribution in [0.3, 0.4) is 0 Å². The number of hydrogen-bond donors (Lipinski definition) is 1. The second-order valence-corrected chi connectivity index (χ2v) is 8.60. The van der Waals surface area contributed by atoms with Crippen LogP contribution in [0.2, 0.25) is 0 Å². The summed E-state index contributed by atoms with van der Waals surface area (Å²) in [4.78, 5) is 12.2. The van der Waals surface area contributed by atoms with E-state index >= 15 is 0 Å². The first-order valence-electron chi connectivity index (χ1n) is 8.18. The van der Waals surface area contributed by atoms with E-state index in [1.165, 1.54) is 23.9 Å². The summed E-state index contributed by atoms with van der Waals surface area (Å²) in [5.41, 5.74) is 2.20. The third-order valence-corrected chi connectivity index (χ3v) is 6.34. The van der Waals surface area contributed by atoms with Crippen LogP contribution in [0.25, 0.3) is 15.7 Å². The van der Waals surface area contributed by atoms with Crippen LogP contribution in [0, 0.1) is 5.82 Å². The Balaban J connectivity index is 1.56. The molecule has 4 aromatic rings. The molecule has 0 radical (unpaired) electrons. The molecule has 0 bridgehead atoms. The van der Waals surface area contributed by atoms with Gasteiger partial charge in [-0.3, -0.25) is 9.20 Å². The first kappa shape index (κ1) is 18.4. The fourth-order valence-electron chi connectivity index (χ4n) is 2.80. The van der Waals surface area contributed by atoms with Crippen LogP contribution in [0.4, 0.5) is 10.1 Å². The maximum absolute atomic E-state index is 13.9. The molecule has 3 heterocycles. The summed E-state index contributed by atoms with van der Waals surface area (Å²) in [6.45, 7) is 2.04. The Bertz CT molecular complexity index is 1160. The molecule has 0 aliphatic rings. The number of carbonyl (C=O) groups is 1. The highest BCUT2D eigenvalue weighted by Crippen LogP contribution is 2.31. The van der Waals surface area contributed by atoms with Gasteiger partial charge < -0.3 is 5.32 Å². The summed E-state index contributed by atoms with van der Waals surface area (Å²) in [6.07, 6.45) is 0.761. The van der Waals surface area contributed by atoms with E-state index in [9.17, 15) is 9.18 Å². The zero-order valence-electron chi connectivity index (χ0n) is 14.2. The Hall–Kier alpha value is -1.97. The van der Waals surface area contributed by atoms with Gasteiger partial charge in [-0.05, 0) is 35.7 Å². The lowest BCUT2D eigenvalue weighted by molar-refractivity contribution is -0.113. The molecule has 0 aliphatic carbocycles. The summed E-state index contributed by atoms with van der Waals surface area (Å²) >= 11 is 6.15. The number of amides is 1. The van der Waals surface area contributed by atoms with E-state index in [2.05, 4.69) is 48.0 Å². The van der Waals surface area contributed by atoms with Crippen molar-refractivity contribution in [2.24, 2.45) is 0 Å². The maximum Gasteiger partial charge on any atom is 0.234 e. The van der Waals surface area contributed by atoms with Gasteiger partial charge in [-0.25, -0.2) is 4.39 Å². The number of hydrogen-bond acceptors (Lipinski definition) is 5. The molecule has 27 heavy (non-hydrogen) atoms. The molecule has 0 atom stereocenters. The Morgan fingerprint density at radius 3 is 2.93 bits per heavy atom. The number of nitrogens with one attached hydrogen (secondary N) is 1. The number of aromatic nitrogens is 3. The predicted octanol–water partition coefficient (Wildman–Crippen LogP) is 5.14. The average molecular weight is 465 g/mol. The summed E-state index contributed by atoms with van der Waals surface area (Å²) in [6, 6.07) is 8.65. The first-order chi connectivity index (χ1) is 13.1. The smallest absolute Gasteiger partial charge is 0.234 e. The Kier molecular flexibility index (Phi) is 5.16. The third kappa shape index (κ3) is 3.59. The van der Waals surface area contributed by atoms with E-state index in [0.29, 0.717) is 9.50 Å². The van der Waals surface area contributed by atoms with E-state index in [4.69, 9.17) is 0 Å². The minimum atomic E-state index is -0.482. The number of thiophene rings is 1. The molecular weight excluding hydrogens is 451 g/mol. The fourth-order valence-corrected chi connectivity index (χ4v) is 4.68. The Morgan fingerprint density at radius 1 is 1.30 bits per heavy atom. The molecule has 3 aromatic heterocycles. The van der Waals surface area contributed by atoms with Gasteiger partial charge in [-0.2, -0.15) is 0 Å². The lowest BCUT2D eigenvalue weighted by atomic mass is 10.3. The zero-order valence-corrected chi connectivity index (χ0v) is 17.4. The van der Waals surface area contributed by atoms with Crippen molar-refractivity contribution in [2.45, 2.75) is 18.4 Å². The number of aryl methyl sites for hydroxylation is 1. The highest BCUT2D eigenvalue weighted by molar-refractivity contribution is 9.10. The predicted molar refractivity (Wildman–Crippen MR) is 111 cm³/mol. The van der Waals surface area contributed by atoms with Gasteiger partial charge in [-0.1, -0.05) is 34.6 Å². The molecule has 4 rings (SSSR count). The van der Waals surface area contributed by atoms with E-state index in [1.807, 2.05) is 12.3 Å². The van der Waals surface area contributed by atoms with Gasteiger partial charge >= 0.3 is 0 Å². The molecular formula is C18H14BrFN4OS2. The van der Waals surface area contributed by atoms with Crippen molar-refractivity contribution in [2.75, 3.05) is 11.1 Å². The van der Waals surface area contributed by atoms with Gasteiger partial charge in [0, 0.05) is 10.9 Å². The molecule has 0 fully saturated rings. The highest BCUT2D eigenvalue weighted by atomic mass is 79.9. The van der Waals surface area contributed by atoms with Gasteiger partial charge in [0.15, 0.2) is 0 Å². The van der Waals surface area contributed by atoms with Crippen molar-refractivity contribution < 1.29 is 9.18 Å². The lowest BCUT2D eigenvalue weighted by Crippen LogP contribution is -2.15. The standard InChI is InChI=1S/C18H14BrFN4OS2/c1-2-16-22-23-18(14-8-15-13(24(14)16)5-6-26-15)27-9-17(25)21-12-4-3-10(19)7-11(12)20/h3-8H,2,9H2,1H3,(H,21,25). The fraction of sp³-hybridized carbons (Fsp3) is 0.167. The molecule has 0 aliphatic heterocycles. The Labute approximate surface area is 171 Å². The van der Waals surface area contributed by atoms with Crippen molar-refractivity contribution in [3.63, 3.8) is 0 Å². The van der Waals surface area contributed by atoms with E-state index in [0.717, 1.165) is 28.0 Å². The molecule has 0 unspecified atom stereocenters.